The van der Waals surface area contributed by atoms with Crippen molar-refractivity contribution in [3.63, 3.8) is 0 Å². The van der Waals surface area contributed by atoms with Crippen LogP contribution < -0.4 is 10.5 Å². The van der Waals surface area contributed by atoms with Crippen molar-refractivity contribution in [1.29, 1.82) is 0 Å². The molecule has 0 bridgehead atoms. The van der Waals surface area contributed by atoms with E-state index < -0.39 is 6.10 Å². The molecule has 0 aromatic heterocycles. The van der Waals surface area contributed by atoms with E-state index in [1.54, 1.807) is 0 Å². The number of aliphatic hydroxyl groups is 1. The van der Waals surface area contributed by atoms with Crippen LogP contribution in [0.15, 0.2) is 24.3 Å². The van der Waals surface area contributed by atoms with Gasteiger partial charge in [-0.2, -0.15) is 0 Å². The van der Waals surface area contributed by atoms with Gasteiger partial charge in [0.25, 0.3) is 0 Å². The van der Waals surface area contributed by atoms with E-state index in [0.717, 1.165) is 30.3 Å². The number of likely N-dealkylation sites (tertiary alicyclic amines) is 1. The summed E-state index contributed by atoms with van der Waals surface area (Å²) in [6, 6.07) is 7.72. The molecular formula is C16H26N2O2. The molecule has 0 saturated carbocycles. The van der Waals surface area contributed by atoms with E-state index in [1.165, 1.54) is 12.8 Å². The number of ether oxygens (including phenoxy) is 1. The first-order chi connectivity index (χ1) is 9.71. The second-order valence-electron chi connectivity index (χ2n) is 5.64. The molecule has 1 fully saturated rings. The van der Waals surface area contributed by atoms with Crippen molar-refractivity contribution in [3.8, 4) is 5.75 Å². The lowest BCUT2D eigenvalue weighted by Gasteiger charge is -2.20. The van der Waals surface area contributed by atoms with Gasteiger partial charge >= 0.3 is 0 Å². The van der Waals surface area contributed by atoms with Crippen LogP contribution in [0.5, 0.6) is 5.75 Å². The molecule has 2 atom stereocenters. The SMILES string of the molecule is CCC1CCN(CC(O)COc2cccc(CN)c2)C1. The van der Waals surface area contributed by atoms with Crippen molar-refractivity contribution in [1.82, 2.24) is 4.90 Å². The van der Waals surface area contributed by atoms with Crippen molar-refractivity contribution in [2.24, 2.45) is 11.7 Å². The summed E-state index contributed by atoms with van der Waals surface area (Å²) < 4.78 is 5.64. The average molecular weight is 278 g/mol. The van der Waals surface area contributed by atoms with Gasteiger partial charge in [0.2, 0.25) is 0 Å². The molecule has 112 valence electrons. The highest BCUT2D eigenvalue weighted by atomic mass is 16.5. The Bertz CT molecular complexity index is 411. The summed E-state index contributed by atoms with van der Waals surface area (Å²) in [5, 5.41) is 10.1. The minimum absolute atomic E-state index is 0.335. The lowest BCUT2D eigenvalue weighted by atomic mass is 10.1. The molecule has 0 spiro atoms. The van der Waals surface area contributed by atoms with E-state index in [4.69, 9.17) is 10.5 Å². The van der Waals surface area contributed by atoms with Crippen molar-refractivity contribution >= 4 is 0 Å². The minimum atomic E-state index is -0.438. The van der Waals surface area contributed by atoms with Gasteiger partial charge in [-0.25, -0.2) is 0 Å². The molecule has 2 rings (SSSR count). The van der Waals surface area contributed by atoms with Gasteiger partial charge in [-0.1, -0.05) is 25.5 Å². The second-order valence-corrected chi connectivity index (χ2v) is 5.64. The Kier molecular flexibility index (Phi) is 5.83. The van der Waals surface area contributed by atoms with E-state index >= 15 is 0 Å². The zero-order valence-electron chi connectivity index (χ0n) is 12.3. The predicted octanol–water partition coefficient (Wildman–Crippen LogP) is 1.62. The molecule has 1 heterocycles. The van der Waals surface area contributed by atoms with Crippen LogP contribution in [0.3, 0.4) is 0 Å². The number of nitrogens with two attached hydrogens (primary N) is 1. The highest BCUT2D eigenvalue weighted by Gasteiger charge is 2.22. The molecule has 1 aliphatic heterocycles. The summed E-state index contributed by atoms with van der Waals surface area (Å²) >= 11 is 0. The quantitative estimate of drug-likeness (QED) is 0.795. The summed E-state index contributed by atoms with van der Waals surface area (Å²) in [4.78, 5) is 2.33. The maximum atomic E-state index is 10.1. The van der Waals surface area contributed by atoms with Crippen LogP contribution in [0.1, 0.15) is 25.3 Å². The summed E-state index contributed by atoms with van der Waals surface area (Å²) in [6.45, 7) is 5.98. The fourth-order valence-electron chi connectivity index (χ4n) is 2.72. The lowest BCUT2D eigenvalue weighted by molar-refractivity contribution is 0.0746. The third-order valence-electron chi connectivity index (χ3n) is 3.99. The Morgan fingerprint density at radius 1 is 1.50 bits per heavy atom. The standard InChI is InChI=1S/C16H26N2O2/c1-2-13-6-7-18(10-13)11-15(19)12-20-16-5-3-4-14(8-16)9-17/h3-5,8,13,15,19H,2,6-7,9-12,17H2,1H3. The van der Waals surface area contributed by atoms with Gasteiger partial charge in [0.05, 0.1) is 0 Å². The molecular weight excluding hydrogens is 252 g/mol. The van der Waals surface area contributed by atoms with E-state index in [-0.39, 0.29) is 0 Å². The molecule has 4 heteroatoms. The molecule has 2 unspecified atom stereocenters. The van der Waals surface area contributed by atoms with E-state index in [0.29, 0.717) is 19.7 Å². The van der Waals surface area contributed by atoms with Crippen LogP contribution in [0.4, 0.5) is 0 Å². The number of aliphatic hydroxyl groups excluding tert-OH is 1. The van der Waals surface area contributed by atoms with Crippen molar-refractivity contribution in [3.05, 3.63) is 29.8 Å². The number of β-amino-alcohol motifs (C(OH)–C–C–N with tert-alkyl or cyclic N) is 1. The van der Waals surface area contributed by atoms with Crippen LogP contribution in [0.25, 0.3) is 0 Å². The first kappa shape index (κ1) is 15.3. The summed E-state index contributed by atoms with van der Waals surface area (Å²) in [5.41, 5.74) is 6.64. The average Bonchev–Trinajstić information content (AvgIpc) is 2.93. The maximum Gasteiger partial charge on any atom is 0.119 e. The molecule has 1 aromatic rings. The van der Waals surface area contributed by atoms with E-state index in [9.17, 15) is 5.11 Å². The minimum Gasteiger partial charge on any atom is -0.491 e. The van der Waals surface area contributed by atoms with E-state index in [2.05, 4.69) is 11.8 Å². The Hall–Kier alpha value is -1.10. The second kappa shape index (κ2) is 7.62. The molecule has 1 aliphatic rings. The normalized spacial score (nSPS) is 21.1. The molecule has 3 N–H and O–H groups in total. The van der Waals surface area contributed by atoms with Crippen LogP contribution in [-0.4, -0.2) is 42.4 Å². The first-order valence-corrected chi connectivity index (χ1v) is 7.53. The van der Waals surface area contributed by atoms with Gasteiger partial charge in [0.15, 0.2) is 0 Å². The van der Waals surface area contributed by atoms with Gasteiger partial charge in [-0.15, -0.1) is 0 Å². The largest absolute Gasteiger partial charge is 0.491 e. The van der Waals surface area contributed by atoms with Gasteiger partial charge in [-0.05, 0) is 36.6 Å². The summed E-state index contributed by atoms with van der Waals surface area (Å²) in [6.07, 6.45) is 2.05. The molecule has 1 aromatic carbocycles. The Labute approximate surface area is 121 Å². The number of hydrogen-bond acceptors (Lipinski definition) is 4. The van der Waals surface area contributed by atoms with Crippen molar-refractivity contribution in [2.45, 2.75) is 32.4 Å². The third kappa shape index (κ3) is 4.47. The number of hydrogen-bond donors (Lipinski definition) is 2. The zero-order valence-corrected chi connectivity index (χ0v) is 12.3. The Morgan fingerprint density at radius 2 is 2.35 bits per heavy atom. The highest BCUT2D eigenvalue weighted by molar-refractivity contribution is 5.28. The highest BCUT2D eigenvalue weighted by Crippen LogP contribution is 2.19. The molecule has 0 radical (unpaired) electrons. The lowest BCUT2D eigenvalue weighted by Crippen LogP contribution is -2.34. The topological polar surface area (TPSA) is 58.7 Å². The van der Waals surface area contributed by atoms with Crippen molar-refractivity contribution in [2.75, 3.05) is 26.2 Å². The third-order valence-corrected chi connectivity index (χ3v) is 3.99. The summed E-state index contributed by atoms with van der Waals surface area (Å²) in [7, 11) is 0. The molecule has 1 saturated heterocycles. The molecule has 20 heavy (non-hydrogen) atoms. The summed E-state index contributed by atoms with van der Waals surface area (Å²) in [5.74, 6) is 1.57. The van der Waals surface area contributed by atoms with Gasteiger partial charge in [0, 0.05) is 19.6 Å². The number of nitrogens with zero attached hydrogens (tertiary/aromatic N) is 1. The smallest absolute Gasteiger partial charge is 0.119 e. The van der Waals surface area contributed by atoms with Crippen LogP contribution in [-0.2, 0) is 6.54 Å². The van der Waals surface area contributed by atoms with Crippen LogP contribution in [0, 0.1) is 5.92 Å². The fraction of sp³-hybridized carbons (Fsp3) is 0.625. The molecule has 4 nitrogen and oxygen atoms in total. The van der Waals surface area contributed by atoms with Crippen molar-refractivity contribution < 1.29 is 9.84 Å². The van der Waals surface area contributed by atoms with Gasteiger partial charge < -0.3 is 20.5 Å². The maximum absolute atomic E-state index is 10.1. The zero-order chi connectivity index (χ0) is 14.4. The fourth-order valence-corrected chi connectivity index (χ4v) is 2.72. The Morgan fingerprint density at radius 3 is 3.05 bits per heavy atom. The van der Waals surface area contributed by atoms with Gasteiger partial charge in [0.1, 0.15) is 18.5 Å². The number of rotatable bonds is 7. The van der Waals surface area contributed by atoms with Crippen LogP contribution >= 0.6 is 0 Å². The van der Waals surface area contributed by atoms with E-state index in [1.807, 2.05) is 24.3 Å². The number of benzene rings is 1. The van der Waals surface area contributed by atoms with Crippen LogP contribution in [0.2, 0.25) is 0 Å². The molecule has 0 aliphatic carbocycles. The van der Waals surface area contributed by atoms with Gasteiger partial charge in [-0.3, -0.25) is 0 Å². The molecule has 0 amide bonds. The Balaban J connectivity index is 1.73. The monoisotopic (exact) mass is 278 g/mol. The first-order valence-electron chi connectivity index (χ1n) is 7.53. The predicted molar refractivity (Wildman–Crippen MR) is 80.7 cm³/mol.